The smallest absolute Gasteiger partial charge is 0.124 e. The largest absolute Gasteiger partial charge is 0.391 e. The second-order valence-electron chi connectivity index (χ2n) is 7.62. The highest BCUT2D eigenvalue weighted by molar-refractivity contribution is 9.10. The highest BCUT2D eigenvalue weighted by atomic mass is 79.9. The average molecular weight is 478 g/mol. The molecule has 0 radical (unpaired) electrons. The van der Waals surface area contributed by atoms with Crippen molar-refractivity contribution < 1.29 is 9.50 Å². The number of hydrogen-bond donors (Lipinski definition) is 2. The maximum atomic E-state index is 13.2. The molecule has 2 heterocycles. The van der Waals surface area contributed by atoms with Gasteiger partial charge in [0.2, 0.25) is 0 Å². The fraction of sp³-hybridized carbons (Fsp3) is 0.409. The Bertz CT molecular complexity index is 925. The van der Waals surface area contributed by atoms with Crippen LogP contribution in [0.3, 0.4) is 0 Å². The van der Waals surface area contributed by atoms with Crippen LogP contribution in [-0.2, 0) is 13.0 Å². The number of aromatic nitrogens is 1. The number of nitrogens with zero attached hydrogens (tertiary/aromatic N) is 2. The van der Waals surface area contributed by atoms with Crippen molar-refractivity contribution in [2.75, 3.05) is 19.6 Å². The second kappa shape index (κ2) is 9.62. The first kappa shape index (κ1) is 20.9. The summed E-state index contributed by atoms with van der Waals surface area (Å²) in [7, 11) is 0. The summed E-state index contributed by atoms with van der Waals surface area (Å²) in [4.78, 5) is 7.01. The zero-order valence-electron chi connectivity index (χ0n) is 16.2. The topological polar surface area (TPSA) is 48.4 Å². The molecule has 1 aliphatic heterocycles. The van der Waals surface area contributed by atoms with E-state index >= 15 is 0 Å². The maximum absolute atomic E-state index is 13.2. The molecule has 1 unspecified atom stereocenters. The van der Waals surface area contributed by atoms with E-state index < -0.39 is 6.10 Å². The lowest BCUT2D eigenvalue weighted by atomic mass is 10.0. The van der Waals surface area contributed by atoms with E-state index in [1.54, 1.807) is 17.4 Å². The molecule has 0 amide bonds. The number of piperidine rings is 1. The van der Waals surface area contributed by atoms with Crippen LogP contribution in [0.15, 0.2) is 46.9 Å². The van der Waals surface area contributed by atoms with Gasteiger partial charge in [-0.2, -0.15) is 0 Å². The van der Waals surface area contributed by atoms with Crippen molar-refractivity contribution in [3.8, 4) is 0 Å². The van der Waals surface area contributed by atoms with E-state index in [4.69, 9.17) is 0 Å². The number of halogens is 2. The summed E-state index contributed by atoms with van der Waals surface area (Å²) in [5, 5.41) is 15.2. The van der Waals surface area contributed by atoms with Gasteiger partial charge < -0.3 is 15.3 Å². The normalized spacial score (nSPS) is 17.1. The van der Waals surface area contributed by atoms with Gasteiger partial charge in [-0.1, -0.05) is 34.1 Å². The summed E-state index contributed by atoms with van der Waals surface area (Å²) in [5.74, 6) is -0.268. The molecule has 2 aromatic carbocycles. The molecule has 4 rings (SSSR count). The third-order valence-electron chi connectivity index (χ3n) is 5.41. The first-order valence-corrected chi connectivity index (χ1v) is 11.6. The number of para-hydroxylation sites is 1. The van der Waals surface area contributed by atoms with E-state index in [1.165, 1.54) is 16.8 Å². The van der Waals surface area contributed by atoms with Crippen LogP contribution in [0.4, 0.5) is 4.39 Å². The Hall–Kier alpha value is -1.38. The quantitative estimate of drug-likeness (QED) is 0.530. The molecule has 2 N–H and O–H groups in total. The van der Waals surface area contributed by atoms with Crippen LogP contribution in [0.2, 0.25) is 0 Å². The molecule has 1 fully saturated rings. The Morgan fingerprint density at radius 3 is 2.79 bits per heavy atom. The summed E-state index contributed by atoms with van der Waals surface area (Å²) >= 11 is 5.13. The van der Waals surface area contributed by atoms with Gasteiger partial charge in [0.1, 0.15) is 10.8 Å². The highest BCUT2D eigenvalue weighted by Gasteiger charge is 2.21. The molecule has 0 aliphatic carbocycles. The molecule has 0 saturated carbocycles. The van der Waals surface area contributed by atoms with Crippen molar-refractivity contribution in [2.24, 2.45) is 0 Å². The lowest BCUT2D eigenvalue weighted by Gasteiger charge is -2.33. The molecule has 0 bridgehead atoms. The summed E-state index contributed by atoms with van der Waals surface area (Å²) in [5.41, 5.74) is 2.01. The predicted molar refractivity (Wildman–Crippen MR) is 120 cm³/mol. The van der Waals surface area contributed by atoms with Crippen LogP contribution in [0.1, 0.15) is 23.4 Å². The first-order valence-electron chi connectivity index (χ1n) is 9.99. The van der Waals surface area contributed by atoms with E-state index in [2.05, 4.69) is 49.3 Å². The van der Waals surface area contributed by atoms with Crippen molar-refractivity contribution in [3.05, 3.63) is 63.3 Å². The number of fused-ring (bicyclic) bond motifs is 1. The molecular weight excluding hydrogens is 453 g/mol. The first-order chi connectivity index (χ1) is 14.1. The van der Waals surface area contributed by atoms with Crippen LogP contribution >= 0.6 is 27.3 Å². The maximum Gasteiger partial charge on any atom is 0.124 e. The molecule has 1 saturated heterocycles. The van der Waals surface area contributed by atoms with Crippen molar-refractivity contribution in [1.29, 1.82) is 0 Å². The number of nitrogens with one attached hydrogen (secondary N) is 1. The zero-order valence-corrected chi connectivity index (χ0v) is 18.6. The monoisotopic (exact) mass is 477 g/mol. The minimum absolute atomic E-state index is 0.268. The fourth-order valence-corrected chi connectivity index (χ4v) is 5.28. The van der Waals surface area contributed by atoms with E-state index in [9.17, 15) is 9.50 Å². The summed E-state index contributed by atoms with van der Waals surface area (Å²) < 4.78 is 15.2. The number of β-amino-alcohol motifs (C(OH)–C–C–N with tert-alkyl or cyclic N) is 1. The third-order valence-corrected chi connectivity index (χ3v) is 7.18. The van der Waals surface area contributed by atoms with Gasteiger partial charge in [0.15, 0.2) is 0 Å². The Morgan fingerprint density at radius 2 is 2.03 bits per heavy atom. The highest BCUT2D eigenvalue weighted by Crippen LogP contribution is 2.22. The van der Waals surface area contributed by atoms with Gasteiger partial charge in [-0.3, -0.25) is 0 Å². The Balaban J connectivity index is 1.20. The fourth-order valence-electron chi connectivity index (χ4n) is 3.85. The molecule has 29 heavy (non-hydrogen) atoms. The van der Waals surface area contributed by atoms with Crippen LogP contribution in [0.5, 0.6) is 0 Å². The number of likely N-dealkylation sites (tertiary alicyclic amines) is 1. The Kier molecular flexibility index (Phi) is 6.92. The third kappa shape index (κ3) is 5.61. The van der Waals surface area contributed by atoms with Crippen molar-refractivity contribution in [1.82, 2.24) is 15.2 Å². The molecular formula is C22H25BrFN3OS. The number of rotatable bonds is 7. The lowest BCUT2D eigenvalue weighted by Crippen LogP contribution is -2.45. The van der Waals surface area contributed by atoms with E-state index in [-0.39, 0.29) is 5.82 Å². The van der Waals surface area contributed by atoms with E-state index in [0.29, 0.717) is 23.5 Å². The molecule has 3 aromatic rings. The van der Waals surface area contributed by atoms with Gasteiger partial charge in [0, 0.05) is 30.0 Å². The lowest BCUT2D eigenvalue weighted by molar-refractivity contribution is 0.0939. The zero-order chi connectivity index (χ0) is 20.2. The van der Waals surface area contributed by atoms with Gasteiger partial charge in [-0.05, 0) is 55.8 Å². The van der Waals surface area contributed by atoms with Gasteiger partial charge in [0.05, 0.1) is 16.3 Å². The minimum Gasteiger partial charge on any atom is -0.391 e. The van der Waals surface area contributed by atoms with Crippen LogP contribution < -0.4 is 5.32 Å². The number of benzene rings is 2. The van der Waals surface area contributed by atoms with Gasteiger partial charge in [-0.25, -0.2) is 9.37 Å². The molecule has 7 heteroatoms. The molecule has 1 aliphatic rings. The number of hydrogen-bond acceptors (Lipinski definition) is 5. The van der Waals surface area contributed by atoms with Crippen molar-refractivity contribution >= 4 is 37.5 Å². The summed E-state index contributed by atoms with van der Waals surface area (Å²) in [6.07, 6.45) is 2.20. The summed E-state index contributed by atoms with van der Waals surface area (Å²) in [6, 6.07) is 13.4. The van der Waals surface area contributed by atoms with Gasteiger partial charge in [0.25, 0.3) is 0 Å². The minimum atomic E-state index is -0.455. The molecule has 1 aromatic heterocycles. The van der Waals surface area contributed by atoms with Crippen molar-refractivity contribution in [3.63, 3.8) is 0 Å². The van der Waals surface area contributed by atoms with E-state index in [0.717, 1.165) is 48.6 Å². The van der Waals surface area contributed by atoms with Gasteiger partial charge >= 0.3 is 0 Å². The Morgan fingerprint density at radius 1 is 1.24 bits per heavy atom. The molecule has 154 valence electrons. The molecule has 0 spiro atoms. The number of aliphatic hydroxyl groups is 1. The molecule has 4 nitrogen and oxygen atoms in total. The standard InChI is InChI=1S/C22H25BrFN3OS/c23-19-12-16(24)6-5-15(19)11-18(28)14-27-9-7-17(8-10-27)25-13-22-26-20-3-1-2-4-21(20)29-22/h1-6,12,17-18,25,28H,7-11,13-14H2. The van der Waals surface area contributed by atoms with E-state index in [1.807, 2.05) is 6.07 Å². The SMILES string of the molecule is OC(Cc1ccc(F)cc1Br)CN1CCC(NCc2nc3ccccc3s2)CC1. The van der Waals surface area contributed by atoms with Gasteiger partial charge in [-0.15, -0.1) is 11.3 Å². The van der Waals surface area contributed by atoms with Crippen LogP contribution in [-0.4, -0.2) is 46.8 Å². The molecule has 1 atom stereocenters. The Labute approximate surface area is 182 Å². The number of thiazole rings is 1. The predicted octanol–water partition coefficient (Wildman–Crippen LogP) is 4.36. The van der Waals surface area contributed by atoms with Crippen LogP contribution in [0, 0.1) is 5.82 Å². The number of aliphatic hydroxyl groups excluding tert-OH is 1. The average Bonchev–Trinajstić information content (AvgIpc) is 3.13. The van der Waals surface area contributed by atoms with Crippen LogP contribution in [0.25, 0.3) is 10.2 Å². The van der Waals surface area contributed by atoms with Crippen molar-refractivity contribution in [2.45, 2.75) is 38.0 Å². The second-order valence-corrected chi connectivity index (χ2v) is 9.59. The summed E-state index contributed by atoms with van der Waals surface area (Å²) in [6.45, 7) is 3.40.